The van der Waals surface area contributed by atoms with Crippen LogP contribution in [0.2, 0.25) is 0 Å². The van der Waals surface area contributed by atoms with Gasteiger partial charge in [0.1, 0.15) is 0 Å². The quantitative estimate of drug-likeness (QED) is 0.440. The monoisotopic (exact) mass is 294 g/mol. The molecule has 0 bridgehead atoms. The second-order valence-electron chi connectivity index (χ2n) is 3.85. The molecule has 0 saturated carbocycles. The molecule has 20 heavy (non-hydrogen) atoms. The molecule has 1 aromatic rings. The molecular weight excluding hydrogens is 283 g/mol. The molecule has 0 fully saturated rings. The van der Waals surface area contributed by atoms with Crippen molar-refractivity contribution in [1.82, 2.24) is 0 Å². The van der Waals surface area contributed by atoms with E-state index >= 15 is 0 Å². The molecule has 0 atom stereocenters. The smallest absolute Gasteiger partial charge is 0.423 e. The predicted octanol–water partition coefficient (Wildman–Crippen LogP) is -0.380. The number of hydrogen-bond donors (Lipinski definition) is 4. The molecule has 1 rings (SSSR count). The number of anilines is 1. The molecule has 0 aliphatic rings. The van der Waals surface area contributed by atoms with Crippen LogP contribution in [-0.2, 0) is 10.7 Å². The van der Waals surface area contributed by atoms with Crippen molar-refractivity contribution < 1.29 is 32.4 Å². The SMILES string of the molecule is NCC(=O)Nc1ccc(C(F)(F)C(F)F)c(B(O)O)c1. The summed E-state index contributed by atoms with van der Waals surface area (Å²) in [5, 5.41) is 20.2. The first-order valence-electron chi connectivity index (χ1n) is 5.36. The first-order valence-corrected chi connectivity index (χ1v) is 5.36. The van der Waals surface area contributed by atoms with Gasteiger partial charge in [0.05, 0.1) is 6.54 Å². The Kier molecular flexibility index (Phi) is 5.09. The van der Waals surface area contributed by atoms with Gasteiger partial charge in [-0.3, -0.25) is 4.79 Å². The highest BCUT2D eigenvalue weighted by Crippen LogP contribution is 2.34. The second kappa shape index (κ2) is 6.20. The van der Waals surface area contributed by atoms with E-state index in [9.17, 15) is 22.4 Å². The van der Waals surface area contributed by atoms with Gasteiger partial charge in [-0.05, 0) is 17.6 Å². The molecule has 5 N–H and O–H groups in total. The van der Waals surface area contributed by atoms with E-state index in [1.807, 2.05) is 0 Å². The largest absolute Gasteiger partial charge is 0.489 e. The highest BCUT2D eigenvalue weighted by Gasteiger charge is 2.45. The van der Waals surface area contributed by atoms with Crippen molar-refractivity contribution >= 4 is 24.2 Å². The summed E-state index contributed by atoms with van der Waals surface area (Å²) in [7, 11) is -2.40. The number of rotatable bonds is 5. The number of nitrogens with two attached hydrogens (primary N) is 1. The van der Waals surface area contributed by atoms with E-state index in [0.717, 1.165) is 12.1 Å². The van der Waals surface area contributed by atoms with Gasteiger partial charge < -0.3 is 21.1 Å². The fraction of sp³-hybridized carbons (Fsp3) is 0.300. The van der Waals surface area contributed by atoms with Crippen LogP contribution in [0.15, 0.2) is 18.2 Å². The maximum Gasteiger partial charge on any atom is 0.489 e. The lowest BCUT2D eigenvalue weighted by Crippen LogP contribution is -2.40. The molecule has 10 heteroatoms. The topological polar surface area (TPSA) is 95.6 Å². The molecule has 0 saturated heterocycles. The Bertz CT molecular complexity index is 499. The molecule has 1 aromatic carbocycles. The minimum atomic E-state index is -4.55. The Hall–Kier alpha value is -1.65. The van der Waals surface area contributed by atoms with Crippen LogP contribution < -0.4 is 16.5 Å². The van der Waals surface area contributed by atoms with Crippen LogP contribution >= 0.6 is 0 Å². The number of carbonyl (C=O) groups excluding carboxylic acids is 1. The van der Waals surface area contributed by atoms with Crippen LogP contribution in [0.25, 0.3) is 0 Å². The third-order valence-electron chi connectivity index (χ3n) is 2.43. The Morgan fingerprint density at radius 2 is 2.00 bits per heavy atom. The van der Waals surface area contributed by atoms with E-state index in [1.54, 1.807) is 0 Å². The van der Waals surface area contributed by atoms with Crippen LogP contribution in [0.5, 0.6) is 0 Å². The number of amides is 1. The zero-order chi connectivity index (χ0) is 15.5. The van der Waals surface area contributed by atoms with Crippen molar-refractivity contribution in [1.29, 1.82) is 0 Å². The van der Waals surface area contributed by atoms with Gasteiger partial charge in [-0.1, -0.05) is 6.07 Å². The summed E-state index contributed by atoms with van der Waals surface area (Å²) in [6.45, 7) is -0.383. The fourth-order valence-corrected chi connectivity index (χ4v) is 1.49. The number of halogens is 4. The van der Waals surface area contributed by atoms with Gasteiger partial charge in [-0.15, -0.1) is 0 Å². The van der Waals surface area contributed by atoms with Crippen molar-refractivity contribution in [2.45, 2.75) is 12.3 Å². The zero-order valence-electron chi connectivity index (χ0n) is 9.99. The van der Waals surface area contributed by atoms with Gasteiger partial charge in [-0.25, -0.2) is 8.78 Å². The number of hydrogen-bond acceptors (Lipinski definition) is 4. The van der Waals surface area contributed by atoms with Crippen LogP contribution in [0, 0.1) is 0 Å². The average molecular weight is 294 g/mol. The van der Waals surface area contributed by atoms with Crippen LogP contribution in [0.3, 0.4) is 0 Å². The lowest BCUT2D eigenvalue weighted by atomic mass is 9.75. The summed E-state index contributed by atoms with van der Waals surface area (Å²) in [4.78, 5) is 11.0. The molecule has 0 spiro atoms. The van der Waals surface area contributed by atoms with E-state index in [2.05, 4.69) is 5.32 Å². The van der Waals surface area contributed by atoms with E-state index in [0.29, 0.717) is 6.07 Å². The predicted molar refractivity (Wildman–Crippen MR) is 63.8 cm³/mol. The van der Waals surface area contributed by atoms with Gasteiger partial charge in [0.2, 0.25) is 5.91 Å². The van der Waals surface area contributed by atoms with Crippen LogP contribution in [0.1, 0.15) is 5.56 Å². The molecule has 1 amide bonds. The van der Waals surface area contributed by atoms with E-state index in [-0.39, 0.29) is 12.2 Å². The molecule has 0 aliphatic carbocycles. The van der Waals surface area contributed by atoms with Crippen molar-refractivity contribution in [3.05, 3.63) is 23.8 Å². The van der Waals surface area contributed by atoms with Crippen molar-refractivity contribution in [2.24, 2.45) is 5.73 Å². The average Bonchev–Trinajstić information content (AvgIpc) is 2.37. The molecule has 0 heterocycles. The highest BCUT2D eigenvalue weighted by atomic mass is 19.3. The number of nitrogens with one attached hydrogen (secondary N) is 1. The molecule has 0 aromatic heterocycles. The van der Waals surface area contributed by atoms with Crippen LogP contribution in [-0.4, -0.2) is 36.0 Å². The van der Waals surface area contributed by atoms with Gasteiger partial charge in [0.25, 0.3) is 0 Å². The minimum Gasteiger partial charge on any atom is -0.423 e. The molecule has 0 aliphatic heterocycles. The lowest BCUT2D eigenvalue weighted by Gasteiger charge is -2.20. The first kappa shape index (κ1) is 16.4. The first-order chi connectivity index (χ1) is 9.20. The van der Waals surface area contributed by atoms with Gasteiger partial charge in [0, 0.05) is 11.3 Å². The van der Waals surface area contributed by atoms with Crippen LogP contribution in [0.4, 0.5) is 23.2 Å². The summed E-state index contributed by atoms with van der Waals surface area (Å²) in [6.07, 6.45) is -4.01. The standard InChI is InChI=1S/C10H11BF4N2O3/c12-9(13)10(14,15)6-2-1-5(17-8(18)4-16)3-7(6)11(19)20/h1-3,9,19-20H,4,16H2,(H,17,18). The molecule has 0 radical (unpaired) electrons. The summed E-state index contributed by atoms with van der Waals surface area (Å²) in [5.74, 6) is -5.20. The van der Waals surface area contributed by atoms with Gasteiger partial charge in [-0.2, -0.15) is 8.78 Å². The van der Waals surface area contributed by atoms with E-state index < -0.39 is 36.4 Å². The highest BCUT2D eigenvalue weighted by molar-refractivity contribution is 6.59. The van der Waals surface area contributed by atoms with Gasteiger partial charge in [0.15, 0.2) is 0 Å². The maximum absolute atomic E-state index is 13.3. The fourth-order valence-electron chi connectivity index (χ4n) is 1.49. The Labute approximate surface area is 111 Å². The Morgan fingerprint density at radius 1 is 1.40 bits per heavy atom. The Morgan fingerprint density at radius 3 is 2.45 bits per heavy atom. The third-order valence-corrected chi connectivity index (χ3v) is 2.43. The summed E-state index contributed by atoms with van der Waals surface area (Å²) in [5.41, 5.74) is 2.90. The van der Waals surface area contributed by atoms with Crippen molar-refractivity contribution in [3.8, 4) is 0 Å². The molecule has 110 valence electrons. The molecule has 0 unspecified atom stereocenters. The molecular formula is C10H11BF4N2O3. The second-order valence-corrected chi connectivity index (χ2v) is 3.85. The molecule has 5 nitrogen and oxygen atoms in total. The Balaban J connectivity index is 3.25. The number of alkyl halides is 4. The number of benzene rings is 1. The van der Waals surface area contributed by atoms with E-state index in [4.69, 9.17) is 15.8 Å². The van der Waals surface area contributed by atoms with Gasteiger partial charge >= 0.3 is 19.5 Å². The maximum atomic E-state index is 13.3. The summed E-state index contributed by atoms with van der Waals surface area (Å²) >= 11 is 0. The van der Waals surface area contributed by atoms with Crippen molar-refractivity contribution in [3.63, 3.8) is 0 Å². The normalized spacial score (nSPS) is 11.6. The zero-order valence-corrected chi connectivity index (χ0v) is 9.99. The van der Waals surface area contributed by atoms with Crippen molar-refractivity contribution in [2.75, 3.05) is 11.9 Å². The third kappa shape index (κ3) is 3.47. The summed E-state index contributed by atoms with van der Waals surface area (Å²) in [6, 6.07) is 2.29. The summed E-state index contributed by atoms with van der Waals surface area (Å²) < 4.78 is 51.2. The van der Waals surface area contributed by atoms with E-state index in [1.165, 1.54) is 0 Å². The minimum absolute atomic E-state index is 0.0719. The lowest BCUT2D eigenvalue weighted by molar-refractivity contribution is -0.134. The number of carbonyl (C=O) groups is 1.